The van der Waals surface area contributed by atoms with Crippen LogP contribution in [0.2, 0.25) is 0 Å². The van der Waals surface area contributed by atoms with Gasteiger partial charge in [0.2, 0.25) is 5.95 Å². The summed E-state index contributed by atoms with van der Waals surface area (Å²) in [5.74, 6) is 1.43. The zero-order valence-corrected chi connectivity index (χ0v) is 17.9. The standard InChI is InChI=1S/C22H25FN6O3/c1-30-19-11-29(10-15(19)23)20-14-12-31-13-17(14)24-21(26-20)27-6-8-28(9-7-27)22-25-16-4-2-3-5-18(16)32-22/h2-5,15,19H,6-13H2,1H3. The fraction of sp³-hybridized carbons (Fsp3) is 0.500. The van der Waals surface area contributed by atoms with Gasteiger partial charge in [-0.25, -0.2) is 9.37 Å². The molecule has 3 aliphatic rings. The average Bonchev–Trinajstić information content (AvgIpc) is 3.56. The third-order valence-electron chi connectivity index (χ3n) is 6.46. The van der Waals surface area contributed by atoms with Crippen molar-refractivity contribution in [3.05, 3.63) is 35.5 Å². The predicted molar refractivity (Wildman–Crippen MR) is 117 cm³/mol. The number of oxazole rings is 1. The van der Waals surface area contributed by atoms with E-state index >= 15 is 0 Å². The second-order valence-electron chi connectivity index (χ2n) is 8.40. The topological polar surface area (TPSA) is 80.0 Å². The molecule has 0 saturated carbocycles. The van der Waals surface area contributed by atoms with Crippen LogP contribution in [0.4, 0.5) is 22.2 Å². The summed E-state index contributed by atoms with van der Waals surface area (Å²) in [5, 5.41) is 0. The van der Waals surface area contributed by atoms with Gasteiger partial charge in [0.15, 0.2) is 5.58 Å². The van der Waals surface area contributed by atoms with Crippen molar-refractivity contribution >= 4 is 28.9 Å². The number of hydrogen-bond acceptors (Lipinski definition) is 9. The smallest absolute Gasteiger partial charge is 0.298 e. The Morgan fingerprint density at radius 3 is 2.56 bits per heavy atom. The lowest BCUT2D eigenvalue weighted by Gasteiger charge is -2.34. The van der Waals surface area contributed by atoms with Gasteiger partial charge in [-0.3, -0.25) is 0 Å². The lowest BCUT2D eigenvalue weighted by Crippen LogP contribution is -2.47. The van der Waals surface area contributed by atoms with E-state index in [9.17, 15) is 4.39 Å². The second-order valence-corrected chi connectivity index (χ2v) is 8.40. The first-order valence-electron chi connectivity index (χ1n) is 10.9. The first-order valence-corrected chi connectivity index (χ1v) is 10.9. The van der Waals surface area contributed by atoms with Crippen LogP contribution in [0.5, 0.6) is 0 Å². The molecule has 0 radical (unpaired) electrons. The van der Waals surface area contributed by atoms with Gasteiger partial charge in [-0.05, 0) is 12.1 Å². The third-order valence-corrected chi connectivity index (χ3v) is 6.46. The summed E-state index contributed by atoms with van der Waals surface area (Å²) in [6.45, 7) is 4.65. The minimum absolute atomic E-state index is 0.271. The number of fused-ring (bicyclic) bond motifs is 2. The molecule has 6 rings (SSSR count). The highest BCUT2D eigenvalue weighted by Crippen LogP contribution is 2.33. The molecule has 5 heterocycles. The third kappa shape index (κ3) is 3.34. The zero-order valence-electron chi connectivity index (χ0n) is 17.9. The lowest BCUT2D eigenvalue weighted by molar-refractivity contribution is 0.0650. The van der Waals surface area contributed by atoms with Gasteiger partial charge >= 0.3 is 0 Å². The highest BCUT2D eigenvalue weighted by atomic mass is 19.1. The summed E-state index contributed by atoms with van der Waals surface area (Å²) in [6, 6.07) is 8.43. The molecule has 2 atom stereocenters. The fourth-order valence-corrected chi connectivity index (χ4v) is 4.65. The van der Waals surface area contributed by atoms with Crippen LogP contribution in [-0.2, 0) is 22.7 Å². The number of rotatable bonds is 4. The van der Waals surface area contributed by atoms with Gasteiger partial charge in [0.05, 0.1) is 25.5 Å². The highest BCUT2D eigenvalue weighted by molar-refractivity contribution is 5.74. The molecule has 2 fully saturated rings. The number of aromatic nitrogens is 3. The molecule has 10 heteroatoms. The number of hydrogen-bond donors (Lipinski definition) is 0. The number of alkyl halides is 1. The quantitative estimate of drug-likeness (QED) is 0.606. The molecule has 168 valence electrons. The Labute approximate surface area is 184 Å². The van der Waals surface area contributed by atoms with Gasteiger partial charge < -0.3 is 28.6 Å². The molecule has 9 nitrogen and oxygen atoms in total. The van der Waals surface area contributed by atoms with E-state index < -0.39 is 12.3 Å². The summed E-state index contributed by atoms with van der Waals surface area (Å²) in [6.07, 6.45) is -1.47. The summed E-state index contributed by atoms with van der Waals surface area (Å²) < 4.78 is 31.2. The minimum atomic E-state index is -1.03. The number of methoxy groups -OCH3 is 1. The van der Waals surface area contributed by atoms with E-state index in [2.05, 4.69) is 14.8 Å². The number of piperazine rings is 1. The lowest BCUT2D eigenvalue weighted by atomic mass is 10.2. The molecular weight excluding hydrogens is 415 g/mol. The van der Waals surface area contributed by atoms with Crippen LogP contribution in [0.3, 0.4) is 0 Å². The molecule has 2 saturated heterocycles. The monoisotopic (exact) mass is 440 g/mol. The minimum Gasteiger partial charge on any atom is -0.423 e. The SMILES string of the molecule is COC1CN(c2nc(N3CCN(c4nc5ccccc5o4)CC3)nc3c2COC3)CC1F. The van der Waals surface area contributed by atoms with Crippen molar-refractivity contribution in [3.63, 3.8) is 0 Å². The Morgan fingerprint density at radius 2 is 1.78 bits per heavy atom. The molecular formula is C22H25FN6O3. The molecule has 0 aliphatic carbocycles. The van der Waals surface area contributed by atoms with Crippen LogP contribution in [0.1, 0.15) is 11.3 Å². The number of halogens is 1. The Morgan fingerprint density at radius 1 is 0.969 bits per heavy atom. The molecule has 0 bridgehead atoms. The van der Waals surface area contributed by atoms with Gasteiger partial charge in [0, 0.05) is 45.4 Å². The zero-order chi connectivity index (χ0) is 21.7. The van der Waals surface area contributed by atoms with E-state index in [1.165, 1.54) is 0 Å². The van der Waals surface area contributed by atoms with Gasteiger partial charge in [-0.2, -0.15) is 9.97 Å². The molecule has 1 aromatic carbocycles. The van der Waals surface area contributed by atoms with Crippen molar-refractivity contribution < 1.29 is 18.3 Å². The molecule has 0 spiro atoms. The first-order chi connectivity index (χ1) is 15.7. The Balaban J connectivity index is 1.22. The number of benzene rings is 1. The molecule has 2 aromatic heterocycles. The molecule has 0 amide bonds. The van der Waals surface area contributed by atoms with Crippen molar-refractivity contribution in [2.75, 3.05) is 61.1 Å². The van der Waals surface area contributed by atoms with Crippen molar-refractivity contribution in [1.82, 2.24) is 15.0 Å². The van der Waals surface area contributed by atoms with Gasteiger partial charge in [-0.1, -0.05) is 12.1 Å². The van der Waals surface area contributed by atoms with E-state index in [0.29, 0.717) is 31.7 Å². The molecule has 3 aromatic rings. The van der Waals surface area contributed by atoms with Gasteiger partial charge in [0.25, 0.3) is 6.01 Å². The van der Waals surface area contributed by atoms with Crippen molar-refractivity contribution in [2.24, 2.45) is 0 Å². The molecule has 32 heavy (non-hydrogen) atoms. The normalized spacial score (nSPS) is 23.4. The van der Waals surface area contributed by atoms with Crippen LogP contribution >= 0.6 is 0 Å². The van der Waals surface area contributed by atoms with E-state index in [0.717, 1.165) is 54.4 Å². The number of nitrogens with zero attached hydrogens (tertiary/aromatic N) is 6. The van der Waals surface area contributed by atoms with Gasteiger partial charge in [-0.15, -0.1) is 0 Å². The van der Waals surface area contributed by atoms with Crippen LogP contribution in [0.25, 0.3) is 11.1 Å². The summed E-state index contributed by atoms with van der Waals surface area (Å²) in [4.78, 5) is 20.5. The van der Waals surface area contributed by atoms with E-state index in [1.807, 2.05) is 29.2 Å². The summed E-state index contributed by atoms with van der Waals surface area (Å²) in [7, 11) is 1.55. The predicted octanol–water partition coefficient (Wildman–Crippen LogP) is 2.15. The van der Waals surface area contributed by atoms with Crippen LogP contribution in [0, 0.1) is 0 Å². The van der Waals surface area contributed by atoms with Gasteiger partial charge in [0.1, 0.15) is 23.6 Å². The molecule has 2 unspecified atom stereocenters. The first kappa shape index (κ1) is 19.7. The maximum Gasteiger partial charge on any atom is 0.298 e. The number of ether oxygens (including phenoxy) is 2. The fourth-order valence-electron chi connectivity index (χ4n) is 4.65. The Bertz CT molecular complexity index is 1100. The van der Waals surface area contributed by atoms with Crippen LogP contribution in [-0.4, -0.2) is 73.6 Å². The van der Waals surface area contributed by atoms with Crippen molar-refractivity contribution in [2.45, 2.75) is 25.5 Å². The van der Waals surface area contributed by atoms with Crippen molar-refractivity contribution in [1.29, 1.82) is 0 Å². The summed E-state index contributed by atoms with van der Waals surface area (Å²) in [5.41, 5.74) is 3.51. The Kier molecular flexibility index (Phi) is 4.83. The summed E-state index contributed by atoms with van der Waals surface area (Å²) >= 11 is 0. The van der Waals surface area contributed by atoms with E-state index in [4.69, 9.17) is 23.9 Å². The van der Waals surface area contributed by atoms with Crippen LogP contribution in [0.15, 0.2) is 28.7 Å². The second kappa shape index (κ2) is 7.86. The van der Waals surface area contributed by atoms with Crippen LogP contribution < -0.4 is 14.7 Å². The van der Waals surface area contributed by atoms with E-state index in [1.54, 1.807) is 7.11 Å². The molecule has 0 N–H and O–H groups in total. The molecule has 3 aliphatic heterocycles. The van der Waals surface area contributed by atoms with Crippen molar-refractivity contribution in [3.8, 4) is 0 Å². The highest BCUT2D eigenvalue weighted by Gasteiger charge is 2.36. The maximum atomic E-state index is 14.3. The average molecular weight is 440 g/mol. The number of anilines is 3. The maximum absolute atomic E-state index is 14.3. The number of para-hydroxylation sites is 2. The van der Waals surface area contributed by atoms with E-state index in [-0.39, 0.29) is 6.54 Å². The largest absolute Gasteiger partial charge is 0.423 e. The Hall–Kier alpha value is -2.98.